The van der Waals surface area contributed by atoms with Gasteiger partial charge in [-0.1, -0.05) is 6.92 Å². The fourth-order valence-electron chi connectivity index (χ4n) is 2.27. The number of rotatable bonds is 1. The van der Waals surface area contributed by atoms with Crippen molar-refractivity contribution in [3.8, 4) is 0 Å². The zero-order valence-corrected chi connectivity index (χ0v) is 11.8. The first-order valence-electron chi connectivity index (χ1n) is 5.89. The molecule has 4 nitrogen and oxygen atoms in total. The molecule has 2 rings (SSSR count). The molecule has 2 aliphatic rings. The number of ether oxygens (including phenoxy) is 1. The zero-order chi connectivity index (χ0) is 11.6. The smallest absolute Gasteiger partial charge is 0.242 e. The average Bonchev–Trinajstić information content (AvgIpc) is 2.29. The van der Waals surface area contributed by atoms with Crippen LogP contribution in [0.3, 0.4) is 0 Å². The summed E-state index contributed by atoms with van der Waals surface area (Å²) in [5, 5.41) is 0.529. The van der Waals surface area contributed by atoms with Crippen LogP contribution in [0.15, 0.2) is 0 Å². The maximum Gasteiger partial charge on any atom is 0.242 e. The van der Waals surface area contributed by atoms with Crippen molar-refractivity contribution in [3.05, 3.63) is 0 Å². The highest BCUT2D eigenvalue weighted by molar-refractivity contribution is 7.99. The Kier molecular flexibility index (Phi) is 5.57. The van der Waals surface area contributed by atoms with Gasteiger partial charge in [-0.05, 0) is 12.8 Å². The Hall–Kier alpha value is 0.0300. The minimum Gasteiger partial charge on any atom is -0.381 e. The molecule has 2 heterocycles. The molecular formula is C11H21ClN2O2S. The van der Waals surface area contributed by atoms with Gasteiger partial charge in [-0.25, -0.2) is 0 Å². The molecule has 0 bridgehead atoms. The third-order valence-corrected chi connectivity index (χ3v) is 4.48. The number of carbonyl (C=O) groups excluding carboxylic acids is 1. The van der Waals surface area contributed by atoms with Crippen LogP contribution in [0, 0.1) is 0 Å². The van der Waals surface area contributed by atoms with Gasteiger partial charge in [0.15, 0.2) is 0 Å². The molecule has 0 aliphatic carbocycles. The predicted octanol–water partition coefficient (Wildman–Crippen LogP) is 0.880. The molecule has 6 heteroatoms. The topological polar surface area (TPSA) is 55.6 Å². The van der Waals surface area contributed by atoms with E-state index in [1.54, 1.807) is 0 Å². The quantitative estimate of drug-likeness (QED) is 0.775. The summed E-state index contributed by atoms with van der Waals surface area (Å²) >= 11 is 1.93. The van der Waals surface area contributed by atoms with Crippen LogP contribution in [0.1, 0.15) is 19.8 Å². The molecule has 1 atom stereocenters. The Morgan fingerprint density at radius 1 is 1.47 bits per heavy atom. The number of nitrogens with zero attached hydrogens (tertiary/aromatic N) is 1. The summed E-state index contributed by atoms with van der Waals surface area (Å²) in [7, 11) is 0. The number of hydrogen-bond acceptors (Lipinski definition) is 4. The fourth-order valence-corrected chi connectivity index (χ4v) is 3.28. The average molecular weight is 281 g/mol. The van der Waals surface area contributed by atoms with Gasteiger partial charge in [-0.2, -0.15) is 11.8 Å². The van der Waals surface area contributed by atoms with E-state index < -0.39 is 5.54 Å². The van der Waals surface area contributed by atoms with Gasteiger partial charge in [0.25, 0.3) is 0 Å². The molecule has 0 aromatic heterocycles. The Balaban J connectivity index is 0.00000144. The standard InChI is InChI=1S/C11H20N2O2S.ClH/c1-9-8-13(4-7-16-9)10(14)11(12)2-5-15-6-3-11;/h9H,2-8,12H2,1H3;1H. The minimum atomic E-state index is -0.667. The number of carbonyl (C=O) groups is 1. The van der Waals surface area contributed by atoms with E-state index in [1.807, 2.05) is 16.7 Å². The molecular weight excluding hydrogens is 260 g/mol. The van der Waals surface area contributed by atoms with Crippen LogP contribution in [0.4, 0.5) is 0 Å². The lowest BCUT2D eigenvalue weighted by atomic mass is 9.89. The van der Waals surface area contributed by atoms with E-state index in [-0.39, 0.29) is 18.3 Å². The molecule has 0 spiro atoms. The van der Waals surface area contributed by atoms with Crippen molar-refractivity contribution in [1.29, 1.82) is 0 Å². The van der Waals surface area contributed by atoms with Crippen molar-refractivity contribution in [2.24, 2.45) is 5.73 Å². The molecule has 2 aliphatic heterocycles. The number of nitrogens with two attached hydrogens (primary N) is 1. The van der Waals surface area contributed by atoms with Crippen LogP contribution in [-0.2, 0) is 9.53 Å². The molecule has 2 N–H and O–H groups in total. The number of halogens is 1. The summed E-state index contributed by atoms with van der Waals surface area (Å²) in [4.78, 5) is 14.3. The lowest BCUT2D eigenvalue weighted by molar-refractivity contribution is -0.140. The molecule has 0 aromatic rings. The van der Waals surface area contributed by atoms with Crippen LogP contribution in [0.25, 0.3) is 0 Å². The van der Waals surface area contributed by atoms with E-state index in [0.717, 1.165) is 18.8 Å². The SMILES string of the molecule is CC1CN(C(=O)C2(N)CCOCC2)CCS1.Cl. The first-order chi connectivity index (χ1) is 7.62. The van der Waals surface area contributed by atoms with E-state index in [4.69, 9.17) is 10.5 Å². The largest absolute Gasteiger partial charge is 0.381 e. The van der Waals surface area contributed by atoms with Gasteiger partial charge in [0.1, 0.15) is 0 Å². The Bertz CT molecular complexity index is 272. The second-order valence-electron chi connectivity index (χ2n) is 4.70. The summed E-state index contributed by atoms with van der Waals surface area (Å²) < 4.78 is 5.27. The molecule has 2 saturated heterocycles. The van der Waals surface area contributed by atoms with Crippen molar-refractivity contribution >= 4 is 30.1 Å². The summed E-state index contributed by atoms with van der Waals surface area (Å²) in [5.74, 6) is 1.16. The van der Waals surface area contributed by atoms with Crippen LogP contribution >= 0.6 is 24.2 Å². The van der Waals surface area contributed by atoms with E-state index in [0.29, 0.717) is 31.3 Å². The van der Waals surface area contributed by atoms with Crippen LogP contribution in [0.5, 0.6) is 0 Å². The van der Waals surface area contributed by atoms with Crippen LogP contribution < -0.4 is 5.73 Å². The van der Waals surface area contributed by atoms with Gasteiger partial charge in [0.05, 0.1) is 5.54 Å². The summed E-state index contributed by atoms with van der Waals surface area (Å²) in [5.41, 5.74) is 5.53. The van der Waals surface area contributed by atoms with Crippen LogP contribution in [-0.4, -0.2) is 53.7 Å². The highest BCUT2D eigenvalue weighted by Gasteiger charge is 2.39. The van der Waals surface area contributed by atoms with E-state index in [1.165, 1.54) is 0 Å². The van der Waals surface area contributed by atoms with Gasteiger partial charge in [0.2, 0.25) is 5.91 Å². The maximum absolute atomic E-state index is 12.4. The third-order valence-electron chi connectivity index (χ3n) is 3.34. The molecule has 1 unspecified atom stereocenters. The number of thioether (sulfide) groups is 1. The Morgan fingerprint density at radius 3 is 2.71 bits per heavy atom. The second-order valence-corrected chi connectivity index (χ2v) is 6.25. The second kappa shape index (κ2) is 6.27. The van der Waals surface area contributed by atoms with E-state index in [9.17, 15) is 4.79 Å². The van der Waals surface area contributed by atoms with E-state index in [2.05, 4.69) is 6.92 Å². The van der Waals surface area contributed by atoms with Gasteiger partial charge in [0, 0.05) is 37.3 Å². The monoisotopic (exact) mass is 280 g/mol. The van der Waals surface area contributed by atoms with Crippen molar-refractivity contribution in [2.45, 2.75) is 30.6 Å². The highest BCUT2D eigenvalue weighted by Crippen LogP contribution is 2.24. The molecule has 100 valence electrons. The third kappa shape index (κ3) is 3.50. The molecule has 0 saturated carbocycles. The lowest BCUT2D eigenvalue weighted by Gasteiger charge is -2.39. The summed E-state index contributed by atoms with van der Waals surface area (Å²) in [6.45, 7) is 5.06. The normalized spacial score (nSPS) is 28.4. The van der Waals surface area contributed by atoms with Crippen molar-refractivity contribution < 1.29 is 9.53 Å². The fraction of sp³-hybridized carbons (Fsp3) is 0.909. The van der Waals surface area contributed by atoms with E-state index >= 15 is 0 Å². The minimum absolute atomic E-state index is 0. The maximum atomic E-state index is 12.4. The molecule has 17 heavy (non-hydrogen) atoms. The van der Waals surface area contributed by atoms with Crippen LogP contribution in [0.2, 0.25) is 0 Å². The van der Waals surface area contributed by atoms with Crippen molar-refractivity contribution in [3.63, 3.8) is 0 Å². The van der Waals surface area contributed by atoms with Gasteiger partial charge in [-0.3, -0.25) is 4.79 Å². The molecule has 1 amide bonds. The van der Waals surface area contributed by atoms with Gasteiger partial charge >= 0.3 is 0 Å². The zero-order valence-electron chi connectivity index (χ0n) is 10.2. The first kappa shape index (κ1) is 15.1. The number of amides is 1. The van der Waals surface area contributed by atoms with Crippen molar-refractivity contribution in [2.75, 3.05) is 32.1 Å². The van der Waals surface area contributed by atoms with Gasteiger partial charge < -0.3 is 15.4 Å². The number of hydrogen-bond donors (Lipinski definition) is 1. The predicted molar refractivity (Wildman–Crippen MR) is 72.7 cm³/mol. The Morgan fingerprint density at radius 2 is 2.12 bits per heavy atom. The molecule has 0 aromatic carbocycles. The summed E-state index contributed by atoms with van der Waals surface area (Å²) in [6, 6.07) is 0. The lowest BCUT2D eigenvalue weighted by Crippen LogP contribution is -2.59. The Labute approximate surface area is 113 Å². The van der Waals surface area contributed by atoms with Gasteiger partial charge in [-0.15, -0.1) is 12.4 Å². The first-order valence-corrected chi connectivity index (χ1v) is 6.94. The van der Waals surface area contributed by atoms with Crippen molar-refractivity contribution in [1.82, 2.24) is 4.90 Å². The molecule has 2 fully saturated rings. The summed E-state index contributed by atoms with van der Waals surface area (Å²) in [6.07, 6.45) is 1.31. The molecule has 0 radical (unpaired) electrons. The highest BCUT2D eigenvalue weighted by atomic mass is 35.5.